The monoisotopic (exact) mass is 276 g/mol. The Balaban J connectivity index is 2.05. The lowest BCUT2D eigenvalue weighted by molar-refractivity contribution is 0.553. The van der Waals surface area contributed by atoms with E-state index in [2.05, 4.69) is 33.4 Å². The van der Waals surface area contributed by atoms with E-state index in [1.807, 2.05) is 0 Å². The molecule has 0 atom stereocenters. The Morgan fingerprint density at radius 2 is 2.05 bits per heavy atom. The lowest BCUT2D eigenvalue weighted by atomic mass is 9.85. The number of rotatable bonds is 4. The largest absolute Gasteiger partial charge is 0.393 e. The van der Waals surface area contributed by atoms with Crippen LogP contribution in [0.2, 0.25) is 0 Å². The van der Waals surface area contributed by atoms with Crippen molar-refractivity contribution in [2.45, 2.75) is 19.3 Å². The molecule has 0 aliphatic rings. The molecule has 6 heteroatoms. The van der Waals surface area contributed by atoms with Gasteiger partial charge in [-0.25, -0.2) is 4.39 Å². The van der Waals surface area contributed by atoms with Crippen LogP contribution in [0.1, 0.15) is 19.4 Å². The smallest absolute Gasteiger partial charge is 0.386 e. The minimum Gasteiger partial charge on any atom is -0.393 e. The number of hydrogen-bond donors (Lipinski definition) is 1. The Hall–Kier alpha value is -2.00. The highest BCUT2D eigenvalue weighted by Gasteiger charge is 2.21. The van der Waals surface area contributed by atoms with E-state index in [1.54, 1.807) is 12.1 Å². The molecule has 0 spiro atoms. The maximum atomic E-state index is 12.9. The zero-order valence-electron chi connectivity index (χ0n) is 10.6. The number of hydrogen-bond acceptors (Lipinski definition) is 4. The van der Waals surface area contributed by atoms with E-state index in [0.29, 0.717) is 11.7 Å². The van der Waals surface area contributed by atoms with E-state index in [-0.39, 0.29) is 17.2 Å². The van der Waals surface area contributed by atoms with Crippen molar-refractivity contribution >= 4 is 22.6 Å². The zero-order chi connectivity index (χ0) is 13.9. The van der Waals surface area contributed by atoms with Gasteiger partial charge in [0.25, 0.3) is 5.13 Å². The van der Waals surface area contributed by atoms with Crippen molar-refractivity contribution in [1.29, 1.82) is 0 Å². The van der Waals surface area contributed by atoms with E-state index in [9.17, 15) is 4.39 Å². The summed E-state index contributed by atoms with van der Waals surface area (Å²) in [5, 5.41) is 3.79. The average Bonchev–Trinajstić information content (AvgIpc) is 2.85. The second-order valence-corrected chi connectivity index (χ2v) is 5.51. The fraction of sp³-hybridized carbons (Fsp3) is 0.308. The van der Waals surface area contributed by atoms with Crippen LogP contribution in [0.25, 0.3) is 4.85 Å². The van der Waals surface area contributed by atoms with Crippen LogP contribution < -0.4 is 5.32 Å². The predicted molar refractivity (Wildman–Crippen MR) is 74.1 cm³/mol. The number of nitrogens with one attached hydrogen (secondary N) is 1. The number of benzene rings is 1. The Bertz CT molecular complexity index is 598. The van der Waals surface area contributed by atoms with Gasteiger partial charge in [-0.3, -0.25) is 0 Å². The molecule has 98 valence electrons. The summed E-state index contributed by atoms with van der Waals surface area (Å²) in [7, 11) is 0. The molecule has 0 radical (unpaired) electrons. The molecule has 0 amide bonds. The predicted octanol–water partition coefficient (Wildman–Crippen LogP) is 3.62. The third-order valence-electron chi connectivity index (χ3n) is 2.82. The van der Waals surface area contributed by atoms with Crippen molar-refractivity contribution in [3.05, 3.63) is 47.1 Å². The van der Waals surface area contributed by atoms with E-state index in [4.69, 9.17) is 6.57 Å². The maximum absolute atomic E-state index is 12.9. The van der Waals surface area contributed by atoms with Crippen molar-refractivity contribution < 1.29 is 4.39 Å². The molecule has 0 fully saturated rings. The van der Waals surface area contributed by atoms with Gasteiger partial charge in [0.2, 0.25) is 0 Å². The summed E-state index contributed by atoms with van der Waals surface area (Å²) in [6, 6.07) is 6.47. The molecular formula is C13H13FN4S. The molecule has 2 rings (SSSR count). The van der Waals surface area contributed by atoms with Crippen LogP contribution in [0.3, 0.4) is 0 Å². The molecule has 19 heavy (non-hydrogen) atoms. The normalized spacial score (nSPS) is 11.1. The highest BCUT2D eigenvalue weighted by atomic mass is 32.1. The van der Waals surface area contributed by atoms with Gasteiger partial charge in [0.1, 0.15) is 5.82 Å². The summed E-state index contributed by atoms with van der Waals surface area (Å²) in [6.07, 6.45) is 0. The fourth-order valence-electron chi connectivity index (χ4n) is 1.63. The molecule has 1 N–H and O–H groups in total. The number of aromatic nitrogens is 2. The first-order valence-electron chi connectivity index (χ1n) is 5.72. The number of nitrogens with zero attached hydrogens (tertiary/aromatic N) is 3. The van der Waals surface area contributed by atoms with Gasteiger partial charge in [-0.15, -0.1) is 11.6 Å². The summed E-state index contributed by atoms with van der Waals surface area (Å²) in [5.74, 6) is -0.0783. The second-order valence-electron chi connectivity index (χ2n) is 4.76. The second kappa shape index (κ2) is 5.33. The van der Waals surface area contributed by atoms with E-state index in [0.717, 1.165) is 5.56 Å². The summed E-state index contributed by atoms with van der Waals surface area (Å²) in [5.41, 5.74) is 0.869. The fourth-order valence-corrected chi connectivity index (χ4v) is 2.14. The van der Waals surface area contributed by atoms with Crippen LogP contribution in [0.15, 0.2) is 24.3 Å². The van der Waals surface area contributed by atoms with Crippen molar-refractivity contribution in [2.24, 2.45) is 0 Å². The van der Waals surface area contributed by atoms with Gasteiger partial charge in [0.05, 0.1) is 11.5 Å². The van der Waals surface area contributed by atoms with Crippen molar-refractivity contribution in [3.63, 3.8) is 0 Å². The molecule has 0 bridgehead atoms. The minimum absolute atomic E-state index is 0.159. The molecular weight excluding hydrogens is 263 g/mol. The van der Waals surface area contributed by atoms with Crippen LogP contribution in [0.5, 0.6) is 0 Å². The molecule has 1 aromatic heterocycles. The highest BCUT2D eigenvalue weighted by molar-refractivity contribution is 7.09. The summed E-state index contributed by atoms with van der Waals surface area (Å²) >= 11 is 1.17. The third-order valence-corrected chi connectivity index (χ3v) is 3.49. The lowest BCUT2D eigenvalue weighted by Gasteiger charge is -2.25. The topological polar surface area (TPSA) is 42.2 Å². The van der Waals surface area contributed by atoms with E-state index in [1.165, 1.54) is 23.7 Å². The lowest BCUT2D eigenvalue weighted by Crippen LogP contribution is -2.27. The molecule has 0 saturated carbocycles. The van der Waals surface area contributed by atoms with Crippen molar-refractivity contribution in [1.82, 2.24) is 9.36 Å². The van der Waals surface area contributed by atoms with E-state index >= 15 is 0 Å². The Labute approximate surface area is 115 Å². The quantitative estimate of drug-likeness (QED) is 0.867. The molecule has 1 heterocycles. The number of halogens is 1. The molecule has 2 aromatic rings. The zero-order valence-corrected chi connectivity index (χ0v) is 11.5. The molecule has 0 unspecified atom stereocenters. The van der Waals surface area contributed by atoms with Gasteiger partial charge < -0.3 is 10.2 Å². The van der Waals surface area contributed by atoms with Gasteiger partial charge in [-0.2, -0.15) is 0 Å². The SMILES string of the molecule is [C-]#[N+]c1nsc(NCC(C)(C)c2ccc(F)cc2)n1. The Morgan fingerprint density at radius 3 is 2.63 bits per heavy atom. The summed E-state index contributed by atoms with van der Waals surface area (Å²) < 4.78 is 16.8. The molecule has 0 aliphatic heterocycles. The van der Waals surface area contributed by atoms with Crippen LogP contribution in [0.4, 0.5) is 15.5 Å². The minimum atomic E-state index is -0.238. The van der Waals surface area contributed by atoms with Crippen molar-refractivity contribution in [2.75, 3.05) is 11.9 Å². The van der Waals surface area contributed by atoms with Crippen LogP contribution in [-0.2, 0) is 5.41 Å². The first kappa shape index (κ1) is 13.4. The van der Waals surface area contributed by atoms with Crippen LogP contribution in [0, 0.1) is 12.4 Å². The average molecular weight is 276 g/mol. The van der Waals surface area contributed by atoms with Crippen LogP contribution >= 0.6 is 11.5 Å². The molecule has 0 saturated heterocycles. The van der Waals surface area contributed by atoms with Crippen LogP contribution in [-0.4, -0.2) is 15.9 Å². The van der Waals surface area contributed by atoms with Gasteiger partial charge in [0, 0.05) is 12.0 Å². The molecule has 1 aromatic carbocycles. The Kier molecular flexibility index (Phi) is 3.76. The molecule has 4 nitrogen and oxygen atoms in total. The van der Waals surface area contributed by atoms with Gasteiger partial charge in [-0.05, 0) is 17.7 Å². The third kappa shape index (κ3) is 3.26. The van der Waals surface area contributed by atoms with Gasteiger partial charge in [-0.1, -0.05) is 30.4 Å². The van der Waals surface area contributed by atoms with E-state index < -0.39 is 0 Å². The highest BCUT2D eigenvalue weighted by Crippen LogP contribution is 2.25. The first-order valence-corrected chi connectivity index (χ1v) is 6.50. The first-order chi connectivity index (χ1) is 9.01. The van der Waals surface area contributed by atoms with Gasteiger partial charge in [0.15, 0.2) is 0 Å². The summed E-state index contributed by atoms with van der Waals surface area (Å²) in [4.78, 5) is 7.18. The molecule has 0 aliphatic carbocycles. The van der Waals surface area contributed by atoms with Crippen molar-refractivity contribution in [3.8, 4) is 0 Å². The maximum Gasteiger partial charge on any atom is 0.386 e. The standard InChI is InChI=1S/C13H13FN4S/c1-13(2,9-4-6-10(14)7-5-9)8-16-12-17-11(15-3)18-19-12/h4-7H,8H2,1-2H3,(H,16,17,18). The summed E-state index contributed by atoms with van der Waals surface area (Å²) in [6.45, 7) is 11.6. The van der Waals surface area contributed by atoms with Gasteiger partial charge >= 0.3 is 5.95 Å². The Morgan fingerprint density at radius 1 is 1.37 bits per heavy atom. The number of anilines is 1.